The lowest BCUT2D eigenvalue weighted by molar-refractivity contribution is 0.355. The molecule has 106 valence electrons. The summed E-state index contributed by atoms with van der Waals surface area (Å²) in [6, 6.07) is 13.2. The molecule has 2 aromatic carbocycles. The average molecular weight is 282 g/mol. The van der Waals surface area contributed by atoms with Crippen LogP contribution in [0.2, 0.25) is 0 Å². The number of rotatable bonds is 4. The van der Waals surface area contributed by atoms with Crippen LogP contribution in [0.1, 0.15) is 0 Å². The largest absolute Gasteiger partial charge is 0.493 e. The summed E-state index contributed by atoms with van der Waals surface area (Å²) < 4.78 is 10.5. The predicted octanol–water partition coefficient (Wildman–Crippen LogP) is 2.79. The second-order valence-electron chi connectivity index (χ2n) is 4.35. The van der Waals surface area contributed by atoms with Gasteiger partial charge < -0.3 is 14.8 Å². The minimum Gasteiger partial charge on any atom is -0.493 e. The Morgan fingerprint density at radius 1 is 0.905 bits per heavy atom. The van der Waals surface area contributed by atoms with Crippen molar-refractivity contribution in [1.82, 2.24) is 15.4 Å². The van der Waals surface area contributed by atoms with E-state index < -0.39 is 0 Å². The standard InChI is InChI=1S/C15H14N4O2/c1-20-13-8-7-10(9-14(13)21-2)16-15-11-5-3-4-6-12(11)17-19-18-15/h3-9H,1-2H3,(H,16,17,18). The molecule has 1 heterocycles. The number of anilines is 2. The van der Waals surface area contributed by atoms with E-state index in [9.17, 15) is 0 Å². The van der Waals surface area contributed by atoms with Gasteiger partial charge in [-0.2, -0.15) is 0 Å². The first-order chi connectivity index (χ1) is 10.3. The summed E-state index contributed by atoms with van der Waals surface area (Å²) in [7, 11) is 3.20. The van der Waals surface area contributed by atoms with Crippen LogP contribution in [0, 0.1) is 0 Å². The Labute approximate surface area is 121 Å². The maximum absolute atomic E-state index is 5.29. The van der Waals surface area contributed by atoms with Gasteiger partial charge in [0, 0.05) is 17.1 Å². The first kappa shape index (κ1) is 13.1. The predicted molar refractivity (Wildman–Crippen MR) is 80.2 cm³/mol. The Kier molecular flexibility index (Phi) is 3.51. The monoisotopic (exact) mass is 282 g/mol. The van der Waals surface area contributed by atoms with E-state index in [1.54, 1.807) is 14.2 Å². The van der Waals surface area contributed by atoms with Crippen molar-refractivity contribution in [1.29, 1.82) is 0 Å². The molecular weight excluding hydrogens is 268 g/mol. The molecule has 0 aliphatic carbocycles. The Morgan fingerprint density at radius 3 is 2.52 bits per heavy atom. The van der Waals surface area contributed by atoms with Crippen LogP contribution in [0.25, 0.3) is 10.9 Å². The number of hydrogen-bond acceptors (Lipinski definition) is 6. The van der Waals surface area contributed by atoms with Crippen LogP contribution in [-0.2, 0) is 0 Å². The zero-order chi connectivity index (χ0) is 14.7. The van der Waals surface area contributed by atoms with Gasteiger partial charge in [0.05, 0.1) is 19.7 Å². The minimum atomic E-state index is 0.646. The van der Waals surface area contributed by atoms with Crippen molar-refractivity contribution in [3.63, 3.8) is 0 Å². The van der Waals surface area contributed by atoms with Crippen molar-refractivity contribution < 1.29 is 9.47 Å². The van der Waals surface area contributed by atoms with Crippen LogP contribution in [0.4, 0.5) is 11.5 Å². The van der Waals surface area contributed by atoms with Crippen molar-refractivity contribution in [3.05, 3.63) is 42.5 Å². The third kappa shape index (κ3) is 2.55. The van der Waals surface area contributed by atoms with E-state index in [1.807, 2.05) is 42.5 Å². The lowest BCUT2D eigenvalue weighted by Crippen LogP contribution is -1.99. The molecule has 1 aromatic heterocycles. The Morgan fingerprint density at radius 2 is 1.71 bits per heavy atom. The molecule has 0 spiro atoms. The van der Waals surface area contributed by atoms with Crippen LogP contribution < -0.4 is 14.8 Å². The van der Waals surface area contributed by atoms with E-state index in [1.165, 1.54) is 0 Å². The molecule has 3 aromatic rings. The van der Waals surface area contributed by atoms with Crippen molar-refractivity contribution in [2.24, 2.45) is 0 Å². The van der Waals surface area contributed by atoms with Gasteiger partial charge in [-0.05, 0) is 29.5 Å². The molecule has 0 atom stereocenters. The van der Waals surface area contributed by atoms with Gasteiger partial charge >= 0.3 is 0 Å². The van der Waals surface area contributed by atoms with E-state index in [-0.39, 0.29) is 0 Å². The summed E-state index contributed by atoms with van der Waals surface area (Å²) in [6.45, 7) is 0. The zero-order valence-electron chi connectivity index (χ0n) is 11.7. The third-order valence-corrected chi connectivity index (χ3v) is 3.10. The fourth-order valence-corrected chi connectivity index (χ4v) is 2.07. The first-order valence-corrected chi connectivity index (χ1v) is 6.39. The lowest BCUT2D eigenvalue weighted by atomic mass is 10.2. The van der Waals surface area contributed by atoms with E-state index >= 15 is 0 Å². The van der Waals surface area contributed by atoms with Gasteiger partial charge in [-0.1, -0.05) is 12.1 Å². The molecule has 0 aliphatic heterocycles. The summed E-state index contributed by atoms with van der Waals surface area (Å²) in [5.74, 6) is 1.97. The topological polar surface area (TPSA) is 69.2 Å². The normalized spacial score (nSPS) is 10.4. The number of fused-ring (bicyclic) bond motifs is 1. The lowest BCUT2D eigenvalue weighted by Gasteiger charge is -2.11. The Bertz CT molecular complexity index is 771. The number of hydrogen-bond donors (Lipinski definition) is 1. The quantitative estimate of drug-likeness (QED) is 0.793. The zero-order valence-corrected chi connectivity index (χ0v) is 11.7. The molecule has 21 heavy (non-hydrogen) atoms. The van der Waals surface area contributed by atoms with Gasteiger partial charge in [0.1, 0.15) is 0 Å². The molecule has 0 unspecified atom stereocenters. The Balaban J connectivity index is 1.99. The number of methoxy groups -OCH3 is 2. The SMILES string of the molecule is COc1ccc(Nc2nnnc3ccccc23)cc1OC. The first-order valence-electron chi connectivity index (χ1n) is 6.39. The fourth-order valence-electron chi connectivity index (χ4n) is 2.07. The highest BCUT2D eigenvalue weighted by Crippen LogP contribution is 2.31. The molecule has 0 saturated heterocycles. The molecule has 6 nitrogen and oxygen atoms in total. The summed E-state index contributed by atoms with van der Waals surface area (Å²) in [6.07, 6.45) is 0. The molecular formula is C15H14N4O2. The maximum atomic E-state index is 5.29. The molecule has 0 fully saturated rings. The highest BCUT2D eigenvalue weighted by molar-refractivity contribution is 5.90. The van der Waals surface area contributed by atoms with Gasteiger partial charge in [0.15, 0.2) is 17.3 Å². The minimum absolute atomic E-state index is 0.646. The molecule has 6 heteroatoms. The number of benzene rings is 2. The average Bonchev–Trinajstić information content (AvgIpc) is 2.55. The van der Waals surface area contributed by atoms with E-state index in [0.717, 1.165) is 16.6 Å². The maximum Gasteiger partial charge on any atom is 0.164 e. The van der Waals surface area contributed by atoms with E-state index in [2.05, 4.69) is 20.7 Å². The van der Waals surface area contributed by atoms with Gasteiger partial charge in [-0.3, -0.25) is 0 Å². The molecule has 0 bridgehead atoms. The van der Waals surface area contributed by atoms with Gasteiger partial charge in [0.25, 0.3) is 0 Å². The van der Waals surface area contributed by atoms with E-state index in [4.69, 9.17) is 9.47 Å². The summed E-state index contributed by atoms with van der Waals surface area (Å²) in [5.41, 5.74) is 1.62. The van der Waals surface area contributed by atoms with E-state index in [0.29, 0.717) is 17.3 Å². The van der Waals surface area contributed by atoms with Crippen LogP contribution in [0.15, 0.2) is 42.5 Å². The van der Waals surface area contributed by atoms with Crippen molar-refractivity contribution >= 4 is 22.4 Å². The smallest absolute Gasteiger partial charge is 0.164 e. The van der Waals surface area contributed by atoms with Crippen molar-refractivity contribution in [3.8, 4) is 11.5 Å². The van der Waals surface area contributed by atoms with Crippen LogP contribution in [-0.4, -0.2) is 29.6 Å². The third-order valence-electron chi connectivity index (χ3n) is 3.10. The molecule has 0 amide bonds. The highest BCUT2D eigenvalue weighted by Gasteiger charge is 2.08. The molecule has 3 rings (SSSR count). The van der Waals surface area contributed by atoms with Gasteiger partial charge in [0.2, 0.25) is 0 Å². The number of ether oxygens (including phenoxy) is 2. The summed E-state index contributed by atoms with van der Waals surface area (Å²) in [5, 5.41) is 16.0. The second-order valence-corrected chi connectivity index (χ2v) is 4.35. The fraction of sp³-hybridized carbons (Fsp3) is 0.133. The number of nitrogens with one attached hydrogen (secondary N) is 1. The van der Waals surface area contributed by atoms with Crippen LogP contribution in [0.3, 0.4) is 0 Å². The second kappa shape index (κ2) is 5.62. The molecule has 0 saturated carbocycles. The van der Waals surface area contributed by atoms with Gasteiger partial charge in [-0.25, -0.2) is 0 Å². The summed E-state index contributed by atoms with van der Waals surface area (Å²) in [4.78, 5) is 0. The molecule has 1 N–H and O–H groups in total. The number of aromatic nitrogens is 3. The Hall–Kier alpha value is -2.89. The molecule has 0 radical (unpaired) electrons. The van der Waals surface area contributed by atoms with Crippen molar-refractivity contribution in [2.45, 2.75) is 0 Å². The van der Waals surface area contributed by atoms with Gasteiger partial charge in [-0.15, -0.1) is 10.2 Å². The molecule has 0 aliphatic rings. The van der Waals surface area contributed by atoms with Crippen LogP contribution >= 0.6 is 0 Å². The number of nitrogens with zero attached hydrogens (tertiary/aromatic N) is 3. The summed E-state index contributed by atoms with van der Waals surface area (Å²) >= 11 is 0. The highest BCUT2D eigenvalue weighted by atomic mass is 16.5. The van der Waals surface area contributed by atoms with Crippen LogP contribution in [0.5, 0.6) is 11.5 Å². The van der Waals surface area contributed by atoms with Crippen molar-refractivity contribution in [2.75, 3.05) is 19.5 Å².